The van der Waals surface area contributed by atoms with Crippen LogP contribution in [-0.4, -0.2) is 36.1 Å². The fourth-order valence-corrected chi connectivity index (χ4v) is 3.62. The SMILES string of the molecule is Cc1ccc(C)c(SCC(=O)N(C)CC(=O)Nc2ccccc2Br)c1. The Morgan fingerprint density at radius 1 is 1.16 bits per heavy atom. The number of nitrogens with zero attached hydrogens (tertiary/aromatic N) is 1. The largest absolute Gasteiger partial charge is 0.336 e. The maximum atomic E-state index is 12.3. The second kappa shape index (κ2) is 9.06. The normalized spacial score (nSPS) is 10.4. The molecular weight excluding hydrogens is 400 g/mol. The van der Waals surface area contributed by atoms with Gasteiger partial charge in [-0.25, -0.2) is 0 Å². The Morgan fingerprint density at radius 2 is 1.88 bits per heavy atom. The van der Waals surface area contributed by atoms with Gasteiger partial charge in [0.2, 0.25) is 11.8 Å². The molecule has 0 spiro atoms. The zero-order valence-corrected chi connectivity index (χ0v) is 16.9. The zero-order chi connectivity index (χ0) is 18.4. The number of thioether (sulfide) groups is 1. The smallest absolute Gasteiger partial charge is 0.244 e. The summed E-state index contributed by atoms with van der Waals surface area (Å²) < 4.78 is 0.808. The van der Waals surface area contributed by atoms with Gasteiger partial charge in [0.25, 0.3) is 0 Å². The molecule has 4 nitrogen and oxygen atoms in total. The lowest BCUT2D eigenvalue weighted by Crippen LogP contribution is -2.36. The van der Waals surface area contributed by atoms with E-state index in [2.05, 4.69) is 39.4 Å². The van der Waals surface area contributed by atoms with E-state index in [0.717, 1.165) is 14.9 Å². The molecule has 0 heterocycles. The summed E-state index contributed by atoms with van der Waals surface area (Å²) in [4.78, 5) is 26.9. The van der Waals surface area contributed by atoms with Crippen molar-refractivity contribution >= 4 is 45.2 Å². The summed E-state index contributed by atoms with van der Waals surface area (Å²) >= 11 is 4.89. The number of para-hydroxylation sites is 1. The molecule has 1 N–H and O–H groups in total. The van der Waals surface area contributed by atoms with Crippen LogP contribution in [0.4, 0.5) is 5.69 Å². The molecule has 25 heavy (non-hydrogen) atoms. The summed E-state index contributed by atoms with van der Waals surface area (Å²) in [6.07, 6.45) is 0. The Hall–Kier alpha value is -1.79. The maximum absolute atomic E-state index is 12.3. The van der Waals surface area contributed by atoms with E-state index in [4.69, 9.17) is 0 Å². The Morgan fingerprint density at radius 3 is 2.60 bits per heavy atom. The van der Waals surface area contributed by atoms with Crippen LogP contribution in [0.1, 0.15) is 11.1 Å². The summed E-state index contributed by atoms with van der Waals surface area (Å²) in [6.45, 7) is 4.08. The number of rotatable bonds is 6. The van der Waals surface area contributed by atoms with Crippen LogP contribution in [0.5, 0.6) is 0 Å². The van der Waals surface area contributed by atoms with Gasteiger partial charge in [-0.3, -0.25) is 9.59 Å². The Balaban J connectivity index is 1.86. The number of hydrogen-bond donors (Lipinski definition) is 1. The highest BCUT2D eigenvalue weighted by atomic mass is 79.9. The Bertz CT molecular complexity index is 780. The maximum Gasteiger partial charge on any atom is 0.244 e. The van der Waals surface area contributed by atoms with Gasteiger partial charge in [0, 0.05) is 16.4 Å². The average Bonchev–Trinajstić information content (AvgIpc) is 2.57. The first kappa shape index (κ1) is 19.5. The molecule has 0 radical (unpaired) electrons. The summed E-state index contributed by atoms with van der Waals surface area (Å²) in [5.41, 5.74) is 3.01. The van der Waals surface area contributed by atoms with E-state index in [1.54, 1.807) is 13.1 Å². The van der Waals surface area contributed by atoms with E-state index in [9.17, 15) is 9.59 Å². The molecule has 0 aromatic heterocycles. The third-order valence-electron chi connectivity index (χ3n) is 3.65. The molecule has 2 amide bonds. The number of likely N-dealkylation sites (N-methyl/N-ethyl adjacent to an activating group) is 1. The van der Waals surface area contributed by atoms with Gasteiger partial charge in [-0.2, -0.15) is 0 Å². The van der Waals surface area contributed by atoms with Crippen LogP contribution in [-0.2, 0) is 9.59 Å². The Labute approximate surface area is 161 Å². The van der Waals surface area contributed by atoms with Crippen molar-refractivity contribution in [2.75, 3.05) is 24.7 Å². The minimum atomic E-state index is -0.223. The van der Waals surface area contributed by atoms with Gasteiger partial charge >= 0.3 is 0 Å². The highest BCUT2D eigenvalue weighted by Gasteiger charge is 2.14. The number of aryl methyl sites for hydroxylation is 2. The molecule has 0 saturated heterocycles. The predicted octanol–water partition coefficient (Wildman–Crippen LogP) is 4.26. The molecule has 0 aliphatic heterocycles. The second-order valence-electron chi connectivity index (χ2n) is 5.84. The van der Waals surface area contributed by atoms with Gasteiger partial charge in [0.15, 0.2) is 0 Å². The number of carbonyl (C=O) groups excluding carboxylic acids is 2. The van der Waals surface area contributed by atoms with E-state index in [0.29, 0.717) is 11.4 Å². The summed E-state index contributed by atoms with van der Waals surface area (Å²) in [5, 5.41) is 2.80. The number of anilines is 1. The number of hydrogen-bond acceptors (Lipinski definition) is 3. The van der Waals surface area contributed by atoms with E-state index in [-0.39, 0.29) is 18.4 Å². The van der Waals surface area contributed by atoms with Crippen molar-refractivity contribution in [2.45, 2.75) is 18.7 Å². The highest BCUT2D eigenvalue weighted by molar-refractivity contribution is 9.10. The molecule has 6 heteroatoms. The minimum absolute atomic E-state index is 0.0214. The molecule has 0 unspecified atom stereocenters. The van der Waals surface area contributed by atoms with Crippen LogP contribution < -0.4 is 5.32 Å². The van der Waals surface area contributed by atoms with Crippen LogP contribution in [0.25, 0.3) is 0 Å². The van der Waals surface area contributed by atoms with E-state index < -0.39 is 0 Å². The van der Waals surface area contributed by atoms with E-state index in [1.165, 1.54) is 22.2 Å². The summed E-state index contributed by atoms with van der Waals surface area (Å²) in [7, 11) is 1.64. The number of nitrogens with one attached hydrogen (secondary N) is 1. The molecule has 132 valence electrons. The van der Waals surface area contributed by atoms with Gasteiger partial charge in [0.1, 0.15) is 0 Å². The highest BCUT2D eigenvalue weighted by Crippen LogP contribution is 2.24. The zero-order valence-electron chi connectivity index (χ0n) is 14.5. The third kappa shape index (κ3) is 5.90. The van der Waals surface area contributed by atoms with Gasteiger partial charge in [-0.05, 0) is 53.5 Å². The lowest BCUT2D eigenvalue weighted by molar-refractivity contribution is -0.131. The third-order valence-corrected chi connectivity index (χ3v) is 5.48. The van der Waals surface area contributed by atoms with Gasteiger partial charge in [-0.1, -0.05) is 29.8 Å². The van der Waals surface area contributed by atoms with Gasteiger partial charge in [-0.15, -0.1) is 11.8 Å². The van der Waals surface area contributed by atoms with Crippen molar-refractivity contribution in [2.24, 2.45) is 0 Å². The molecule has 0 saturated carbocycles. The van der Waals surface area contributed by atoms with Crippen LogP contribution in [0.3, 0.4) is 0 Å². The molecule has 0 aliphatic rings. The van der Waals surface area contributed by atoms with Crippen LogP contribution in [0.15, 0.2) is 51.8 Å². The standard InChI is InChI=1S/C19H21BrN2O2S/c1-13-8-9-14(2)17(10-13)25-12-19(24)22(3)11-18(23)21-16-7-5-4-6-15(16)20/h4-10H,11-12H2,1-3H3,(H,21,23). The van der Waals surface area contributed by atoms with Crippen molar-refractivity contribution in [1.29, 1.82) is 0 Å². The van der Waals surface area contributed by atoms with Gasteiger partial charge < -0.3 is 10.2 Å². The van der Waals surface area contributed by atoms with Crippen molar-refractivity contribution < 1.29 is 9.59 Å². The fraction of sp³-hybridized carbons (Fsp3) is 0.263. The monoisotopic (exact) mass is 420 g/mol. The molecule has 0 bridgehead atoms. The molecule has 2 aromatic carbocycles. The van der Waals surface area contributed by atoms with Crippen molar-refractivity contribution in [1.82, 2.24) is 4.90 Å². The fourth-order valence-electron chi connectivity index (χ4n) is 2.17. The molecule has 0 atom stereocenters. The number of amides is 2. The average molecular weight is 421 g/mol. The lowest BCUT2D eigenvalue weighted by atomic mass is 10.2. The molecular formula is C19H21BrN2O2S. The molecule has 2 aromatic rings. The summed E-state index contributed by atoms with van der Waals surface area (Å²) in [6, 6.07) is 13.6. The predicted molar refractivity (Wildman–Crippen MR) is 107 cm³/mol. The number of benzene rings is 2. The van der Waals surface area contributed by atoms with E-state index in [1.807, 2.05) is 32.0 Å². The quantitative estimate of drug-likeness (QED) is 0.710. The van der Waals surface area contributed by atoms with Crippen molar-refractivity contribution in [3.05, 3.63) is 58.1 Å². The van der Waals surface area contributed by atoms with Crippen LogP contribution in [0, 0.1) is 13.8 Å². The first-order valence-electron chi connectivity index (χ1n) is 7.85. The van der Waals surface area contributed by atoms with Crippen LogP contribution >= 0.6 is 27.7 Å². The minimum Gasteiger partial charge on any atom is -0.336 e. The first-order chi connectivity index (χ1) is 11.9. The summed E-state index contributed by atoms with van der Waals surface area (Å²) in [5.74, 6) is 0.0102. The second-order valence-corrected chi connectivity index (χ2v) is 7.71. The van der Waals surface area contributed by atoms with Crippen molar-refractivity contribution in [3.8, 4) is 0 Å². The Kier molecular flexibility index (Phi) is 7.08. The lowest BCUT2D eigenvalue weighted by Gasteiger charge is -2.17. The first-order valence-corrected chi connectivity index (χ1v) is 9.63. The van der Waals surface area contributed by atoms with Crippen LogP contribution in [0.2, 0.25) is 0 Å². The number of carbonyl (C=O) groups is 2. The molecule has 2 rings (SSSR count). The number of halogens is 1. The van der Waals surface area contributed by atoms with E-state index >= 15 is 0 Å². The molecule has 0 fully saturated rings. The molecule has 0 aliphatic carbocycles. The van der Waals surface area contributed by atoms with Gasteiger partial charge in [0.05, 0.1) is 18.0 Å². The van der Waals surface area contributed by atoms with Crippen molar-refractivity contribution in [3.63, 3.8) is 0 Å². The topological polar surface area (TPSA) is 49.4 Å².